The number of aromatic nitrogens is 1. The minimum Gasteiger partial charge on any atom is -0.494 e. The number of ether oxygens (including phenoxy) is 1. The molecule has 1 aromatic heterocycles. The molecular formula is C16H18N2O2. The van der Waals surface area contributed by atoms with Gasteiger partial charge >= 0.3 is 0 Å². The van der Waals surface area contributed by atoms with Gasteiger partial charge in [-0.15, -0.1) is 0 Å². The van der Waals surface area contributed by atoms with Crippen molar-refractivity contribution in [3.05, 3.63) is 59.9 Å². The molecule has 20 heavy (non-hydrogen) atoms. The summed E-state index contributed by atoms with van der Waals surface area (Å²) in [4.78, 5) is 15.8. The first-order valence-corrected chi connectivity index (χ1v) is 6.69. The highest BCUT2D eigenvalue weighted by atomic mass is 16.5. The highest BCUT2D eigenvalue weighted by molar-refractivity contribution is 5.93. The number of amides is 1. The largest absolute Gasteiger partial charge is 0.494 e. The maximum Gasteiger partial charge on any atom is 0.253 e. The second-order valence-corrected chi connectivity index (χ2v) is 4.42. The van der Waals surface area contributed by atoms with E-state index < -0.39 is 0 Å². The zero-order chi connectivity index (χ0) is 14.2. The summed E-state index contributed by atoms with van der Waals surface area (Å²) in [5.74, 6) is 0.706. The fourth-order valence-corrected chi connectivity index (χ4v) is 1.75. The smallest absolute Gasteiger partial charge is 0.253 e. The molecule has 0 aliphatic carbocycles. The van der Waals surface area contributed by atoms with Gasteiger partial charge in [-0.05, 0) is 36.2 Å². The molecule has 0 fully saturated rings. The fourth-order valence-electron chi connectivity index (χ4n) is 1.75. The van der Waals surface area contributed by atoms with Crippen LogP contribution in [-0.4, -0.2) is 17.5 Å². The monoisotopic (exact) mass is 270 g/mol. The molecular weight excluding hydrogens is 252 g/mol. The molecule has 1 amide bonds. The molecule has 0 atom stereocenters. The number of nitrogens with zero attached hydrogens (tertiary/aromatic N) is 1. The minimum absolute atomic E-state index is 0.127. The van der Waals surface area contributed by atoms with Crippen molar-refractivity contribution in [3.63, 3.8) is 0 Å². The van der Waals surface area contributed by atoms with E-state index in [0.29, 0.717) is 18.7 Å². The summed E-state index contributed by atoms with van der Waals surface area (Å²) in [5, 5.41) is 2.86. The third-order valence-corrected chi connectivity index (χ3v) is 2.75. The second kappa shape index (κ2) is 7.28. The number of hydrogen-bond donors (Lipinski definition) is 1. The third kappa shape index (κ3) is 4.09. The van der Waals surface area contributed by atoms with Crippen molar-refractivity contribution in [2.75, 3.05) is 6.61 Å². The van der Waals surface area contributed by atoms with Crippen LogP contribution in [0.25, 0.3) is 0 Å². The van der Waals surface area contributed by atoms with E-state index in [4.69, 9.17) is 4.74 Å². The molecule has 1 N–H and O–H groups in total. The van der Waals surface area contributed by atoms with E-state index >= 15 is 0 Å². The zero-order valence-electron chi connectivity index (χ0n) is 11.5. The van der Waals surface area contributed by atoms with Crippen LogP contribution < -0.4 is 10.1 Å². The van der Waals surface area contributed by atoms with E-state index in [1.165, 1.54) is 0 Å². The Kier molecular flexibility index (Phi) is 5.12. The molecule has 1 aromatic carbocycles. The van der Waals surface area contributed by atoms with Gasteiger partial charge in [-0.1, -0.05) is 19.1 Å². The summed E-state index contributed by atoms with van der Waals surface area (Å²) >= 11 is 0. The number of hydrogen-bond acceptors (Lipinski definition) is 3. The van der Waals surface area contributed by atoms with Crippen LogP contribution in [0.15, 0.2) is 48.8 Å². The molecule has 4 nitrogen and oxygen atoms in total. The summed E-state index contributed by atoms with van der Waals surface area (Å²) in [6.45, 7) is 3.24. The summed E-state index contributed by atoms with van der Waals surface area (Å²) in [6.07, 6.45) is 4.17. The normalized spacial score (nSPS) is 10.1. The molecule has 4 heteroatoms. The van der Waals surface area contributed by atoms with E-state index in [2.05, 4.69) is 17.2 Å². The average Bonchev–Trinajstić information content (AvgIpc) is 2.52. The molecule has 1 heterocycles. The van der Waals surface area contributed by atoms with Crippen LogP contribution in [0.5, 0.6) is 5.75 Å². The van der Waals surface area contributed by atoms with Gasteiger partial charge in [0.2, 0.25) is 0 Å². The summed E-state index contributed by atoms with van der Waals surface area (Å²) in [7, 11) is 0. The van der Waals surface area contributed by atoms with Crippen LogP contribution in [0, 0.1) is 0 Å². The molecule has 0 aliphatic heterocycles. The predicted molar refractivity (Wildman–Crippen MR) is 77.6 cm³/mol. The molecule has 104 valence electrons. The van der Waals surface area contributed by atoms with Crippen LogP contribution in [0.3, 0.4) is 0 Å². The molecule has 2 rings (SSSR count). The minimum atomic E-state index is -0.127. The highest BCUT2D eigenvalue weighted by Gasteiger charge is 2.05. The van der Waals surface area contributed by atoms with Gasteiger partial charge in [0.15, 0.2) is 0 Å². The predicted octanol–water partition coefficient (Wildman–Crippen LogP) is 2.80. The highest BCUT2D eigenvalue weighted by Crippen LogP contribution is 2.13. The van der Waals surface area contributed by atoms with Gasteiger partial charge in [0, 0.05) is 18.9 Å². The lowest BCUT2D eigenvalue weighted by molar-refractivity contribution is 0.0950. The van der Waals surface area contributed by atoms with Crippen LogP contribution in [0.1, 0.15) is 29.3 Å². The van der Waals surface area contributed by atoms with Crippen LogP contribution in [0.4, 0.5) is 0 Å². The lowest BCUT2D eigenvalue weighted by Gasteiger charge is -2.08. The Labute approximate surface area is 118 Å². The van der Waals surface area contributed by atoms with Gasteiger partial charge in [0.25, 0.3) is 5.91 Å². The first-order chi connectivity index (χ1) is 9.79. The number of rotatable bonds is 6. The second-order valence-electron chi connectivity index (χ2n) is 4.42. The molecule has 0 spiro atoms. The van der Waals surface area contributed by atoms with Crippen molar-refractivity contribution in [1.29, 1.82) is 0 Å². The Balaban J connectivity index is 1.92. The fraction of sp³-hybridized carbons (Fsp3) is 0.250. The van der Waals surface area contributed by atoms with E-state index in [0.717, 1.165) is 17.7 Å². The molecule has 0 aliphatic rings. The zero-order valence-corrected chi connectivity index (χ0v) is 11.5. The standard InChI is InChI=1S/C16H18N2O2/c1-2-9-20-15-7-3-5-13(10-15)11-18-16(19)14-6-4-8-17-12-14/h3-8,10,12H,2,9,11H2,1H3,(H,18,19). The van der Waals surface area contributed by atoms with Crippen molar-refractivity contribution >= 4 is 5.91 Å². The Morgan fingerprint density at radius 2 is 2.20 bits per heavy atom. The number of pyridine rings is 1. The number of nitrogens with one attached hydrogen (secondary N) is 1. The Morgan fingerprint density at radius 1 is 1.30 bits per heavy atom. The lowest BCUT2D eigenvalue weighted by Crippen LogP contribution is -2.22. The van der Waals surface area contributed by atoms with Crippen LogP contribution in [-0.2, 0) is 6.54 Å². The van der Waals surface area contributed by atoms with Crippen molar-refractivity contribution < 1.29 is 9.53 Å². The quantitative estimate of drug-likeness (QED) is 0.878. The first-order valence-electron chi connectivity index (χ1n) is 6.69. The van der Waals surface area contributed by atoms with Gasteiger partial charge in [0.05, 0.1) is 12.2 Å². The van der Waals surface area contributed by atoms with E-state index in [1.54, 1.807) is 24.5 Å². The Hall–Kier alpha value is -2.36. The van der Waals surface area contributed by atoms with Crippen LogP contribution >= 0.6 is 0 Å². The van der Waals surface area contributed by atoms with E-state index in [1.807, 2.05) is 24.3 Å². The summed E-state index contributed by atoms with van der Waals surface area (Å²) < 4.78 is 5.56. The lowest BCUT2D eigenvalue weighted by atomic mass is 10.2. The van der Waals surface area contributed by atoms with Crippen molar-refractivity contribution in [2.24, 2.45) is 0 Å². The van der Waals surface area contributed by atoms with Gasteiger partial charge in [0.1, 0.15) is 5.75 Å². The van der Waals surface area contributed by atoms with Crippen molar-refractivity contribution in [1.82, 2.24) is 10.3 Å². The Bertz CT molecular complexity index is 555. The summed E-state index contributed by atoms with van der Waals surface area (Å²) in [5.41, 5.74) is 1.57. The molecule has 0 saturated carbocycles. The number of benzene rings is 1. The molecule has 2 aromatic rings. The molecule has 0 unspecified atom stereocenters. The number of carbonyl (C=O) groups excluding carboxylic acids is 1. The van der Waals surface area contributed by atoms with Gasteiger partial charge in [-0.25, -0.2) is 0 Å². The van der Waals surface area contributed by atoms with Crippen LogP contribution in [0.2, 0.25) is 0 Å². The Morgan fingerprint density at radius 3 is 2.95 bits per heavy atom. The van der Waals surface area contributed by atoms with E-state index in [9.17, 15) is 4.79 Å². The maximum atomic E-state index is 11.9. The van der Waals surface area contributed by atoms with Crippen molar-refractivity contribution in [2.45, 2.75) is 19.9 Å². The maximum absolute atomic E-state index is 11.9. The third-order valence-electron chi connectivity index (χ3n) is 2.75. The molecule has 0 saturated heterocycles. The van der Waals surface area contributed by atoms with Gasteiger partial charge in [-0.3, -0.25) is 9.78 Å². The average molecular weight is 270 g/mol. The summed E-state index contributed by atoms with van der Waals surface area (Å²) in [6, 6.07) is 11.2. The van der Waals surface area contributed by atoms with Crippen molar-refractivity contribution in [3.8, 4) is 5.75 Å². The van der Waals surface area contributed by atoms with E-state index in [-0.39, 0.29) is 5.91 Å². The first kappa shape index (κ1) is 14.1. The molecule has 0 bridgehead atoms. The topological polar surface area (TPSA) is 51.2 Å². The molecule has 0 radical (unpaired) electrons. The van der Waals surface area contributed by atoms with Gasteiger partial charge < -0.3 is 10.1 Å². The SMILES string of the molecule is CCCOc1cccc(CNC(=O)c2cccnc2)c1. The van der Waals surface area contributed by atoms with Gasteiger partial charge in [-0.2, -0.15) is 0 Å². The number of carbonyl (C=O) groups is 1.